The Morgan fingerprint density at radius 3 is 2.67 bits per heavy atom. The molecule has 0 aromatic heterocycles. The van der Waals surface area contributed by atoms with Crippen molar-refractivity contribution in [1.29, 1.82) is 0 Å². The summed E-state index contributed by atoms with van der Waals surface area (Å²) in [4.78, 5) is 0. The van der Waals surface area contributed by atoms with Crippen LogP contribution in [0.3, 0.4) is 0 Å². The van der Waals surface area contributed by atoms with E-state index in [1.165, 1.54) is 18.6 Å². The van der Waals surface area contributed by atoms with E-state index in [4.69, 9.17) is 33.7 Å². The van der Waals surface area contributed by atoms with Crippen LogP contribution in [0.5, 0.6) is 0 Å². The van der Waals surface area contributed by atoms with Crippen molar-refractivity contribution < 1.29 is 9.13 Å². The van der Waals surface area contributed by atoms with Crippen LogP contribution >= 0.6 is 23.2 Å². The summed E-state index contributed by atoms with van der Waals surface area (Å²) in [6, 6.07) is 2.82. The third-order valence-electron chi connectivity index (χ3n) is 5.20. The normalized spacial score (nSPS) is 27.2. The maximum absolute atomic E-state index is 13.8. The molecular formula is C16H20Cl2FNO. The largest absolute Gasteiger partial charge is 0.375 e. The predicted molar refractivity (Wildman–Crippen MR) is 83.2 cm³/mol. The maximum atomic E-state index is 13.8. The van der Waals surface area contributed by atoms with Crippen LogP contribution in [0.15, 0.2) is 12.1 Å². The summed E-state index contributed by atoms with van der Waals surface area (Å²) in [6.07, 6.45) is 5.20. The molecule has 1 saturated heterocycles. The molecule has 1 spiro atoms. The molecule has 5 heteroatoms. The number of halogens is 3. The van der Waals surface area contributed by atoms with Gasteiger partial charge in [-0.25, -0.2) is 4.39 Å². The van der Waals surface area contributed by atoms with Gasteiger partial charge in [-0.2, -0.15) is 0 Å². The van der Waals surface area contributed by atoms with Crippen molar-refractivity contribution >= 4 is 23.2 Å². The molecule has 0 radical (unpaired) electrons. The maximum Gasteiger partial charge on any atom is 0.142 e. The van der Waals surface area contributed by atoms with Gasteiger partial charge in [0.1, 0.15) is 5.82 Å². The highest BCUT2D eigenvalue weighted by Gasteiger charge is 2.47. The molecule has 3 rings (SSSR count). The van der Waals surface area contributed by atoms with E-state index in [0.717, 1.165) is 25.7 Å². The zero-order valence-electron chi connectivity index (χ0n) is 12.1. The summed E-state index contributed by atoms with van der Waals surface area (Å²) in [5.74, 6) is -0.247. The monoisotopic (exact) mass is 331 g/mol. The number of rotatable bonds is 2. The van der Waals surface area contributed by atoms with Crippen LogP contribution in [0.2, 0.25) is 10.0 Å². The summed E-state index contributed by atoms with van der Waals surface area (Å²) in [5, 5.41) is 0.461. The molecule has 1 saturated carbocycles. The fourth-order valence-electron chi connectivity index (χ4n) is 3.61. The number of ether oxygens (including phenoxy) is 1. The Morgan fingerprint density at radius 1 is 1.33 bits per heavy atom. The van der Waals surface area contributed by atoms with Crippen LogP contribution in [0.4, 0.5) is 4.39 Å². The second-order valence-electron chi connectivity index (χ2n) is 6.60. The predicted octanol–water partition coefficient (Wildman–Crippen LogP) is 4.66. The Kier molecular flexibility index (Phi) is 3.98. The van der Waals surface area contributed by atoms with Crippen LogP contribution in [0, 0.1) is 11.7 Å². The molecule has 0 bridgehead atoms. The molecule has 0 amide bonds. The Balaban J connectivity index is 1.90. The van der Waals surface area contributed by atoms with Gasteiger partial charge >= 0.3 is 0 Å². The molecule has 2 N–H and O–H groups in total. The smallest absolute Gasteiger partial charge is 0.142 e. The van der Waals surface area contributed by atoms with Crippen molar-refractivity contribution in [1.82, 2.24) is 0 Å². The first kappa shape index (κ1) is 15.5. The van der Waals surface area contributed by atoms with Gasteiger partial charge in [-0.1, -0.05) is 23.2 Å². The topological polar surface area (TPSA) is 35.2 Å². The van der Waals surface area contributed by atoms with E-state index < -0.39 is 11.4 Å². The zero-order chi connectivity index (χ0) is 15.3. The van der Waals surface area contributed by atoms with Gasteiger partial charge in [-0.3, -0.25) is 0 Å². The molecule has 2 nitrogen and oxygen atoms in total. The van der Waals surface area contributed by atoms with Crippen molar-refractivity contribution in [3.05, 3.63) is 33.6 Å². The number of nitrogens with two attached hydrogens (primary N) is 1. The van der Waals surface area contributed by atoms with Crippen LogP contribution in [-0.2, 0) is 10.3 Å². The van der Waals surface area contributed by atoms with Gasteiger partial charge in [-0.05, 0) is 62.6 Å². The molecule has 1 heterocycles. The third kappa shape index (κ3) is 2.70. The summed E-state index contributed by atoms with van der Waals surface area (Å²) < 4.78 is 19.8. The molecule has 21 heavy (non-hydrogen) atoms. The lowest BCUT2D eigenvalue weighted by Crippen LogP contribution is -2.52. The standard InChI is InChI=1S/C16H20Cl2FNO/c1-15(20,11-7-14(19)13(18)8-12(11)17)10-3-6-21-16(9-10)4-2-5-16/h7-8,10H,2-6,9,20H2,1H3. The van der Waals surface area contributed by atoms with Gasteiger partial charge in [0, 0.05) is 17.2 Å². The van der Waals surface area contributed by atoms with Gasteiger partial charge in [-0.15, -0.1) is 0 Å². The van der Waals surface area contributed by atoms with E-state index >= 15 is 0 Å². The van der Waals surface area contributed by atoms with E-state index in [0.29, 0.717) is 17.2 Å². The molecule has 1 aromatic carbocycles. The van der Waals surface area contributed by atoms with Gasteiger partial charge in [0.15, 0.2) is 0 Å². The van der Waals surface area contributed by atoms with Crippen LogP contribution in [0.1, 0.15) is 44.6 Å². The minimum atomic E-state index is -0.686. The highest BCUT2D eigenvalue weighted by molar-refractivity contribution is 6.35. The van der Waals surface area contributed by atoms with E-state index in [2.05, 4.69) is 0 Å². The van der Waals surface area contributed by atoms with Crippen LogP contribution in [-0.4, -0.2) is 12.2 Å². The molecule has 2 atom stereocenters. The first-order valence-electron chi connectivity index (χ1n) is 7.42. The molecule has 2 aliphatic rings. The van der Waals surface area contributed by atoms with E-state index in [1.807, 2.05) is 6.92 Å². The lowest BCUT2D eigenvalue weighted by atomic mass is 9.66. The minimum absolute atomic E-state index is 0.000985. The molecule has 2 fully saturated rings. The van der Waals surface area contributed by atoms with E-state index in [9.17, 15) is 4.39 Å². The van der Waals surface area contributed by atoms with Crippen LogP contribution < -0.4 is 5.73 Å². The van der Waals surface area contributed by atoms with Gasteiger partial charge < -0.3 is 10.5 Å². The quantitative estimate of drug-likeness (QED) is 0.800. The third-order valence-corrected chi connectivity index (χ3v) is 5.80. The van der Waals surface area contributed by atoms with Crippen LogP contribution in [0.25, 0.3) is 0 Å². The Morgan fingerprint density at radius 2 is 2.05 bits per heavy atom. The van der Waals surface area contributed by atoms with Crippen molar-refractivity contribution in [2.75, 3.05) is 6.61 Å². The summed E-state index contributed by atoms with van der Waals surface area (Å²) in [6.45, 7) is 2.65. The number of hydrogen-bond donors (Lipinski definition) is 1. The lowest BCUT2D eigenvalue weighted by Gasteiger charge is -2.50. The molecular weight excluding hydrogens is 312 g/mol. The molecule has 2 unspecified atom stereocenters. The van der Waals surface area contributed by atoms with Gasteiger partial charge in [0.25, 0.3) is 0 Å². The van der Waals surface area contributed by atoms with Crippen molar-refractivity contribution in [2.24, 2.45) is 11.7 Å². The van der Waals surface area contributed by atoms with Crippen molar-refractivity contribution in [3.8, 4) is 0 Å². The molecule has 116 valence electrons. The Hall–Kier alpha value is -0.350. The fourth-order valence-corrected chi connectivity index (χ4v) is 4.20. The first-order valence-corrected chi connectivity index (χ1v) is 8.17. The summed E-state index contributed by atoms with van der Waals surface area (Å²) >= 11 is 12.0. The van der Waals surface area contributed by atoms with E-state index in [-0.39, 0.29) is 16.5 Å². The molecule has 1 aromatic rings. The van der Waals surface area contributed by atoms with Crippen molar-refractivity contribution in [3.63, 3.8) is 0 Å². The fraction of sp³-hybridized carbons (Fsp3) is 0.625. The average molecular weight is 332 g/mol. The summed E-state index contributed by atoms with van der Waals surface area (Å²) in [5.41, 5.74) is 6.53. The van der Waals surface area contributed by atoms with Gasteiger partial charge in [0.2, 0.25) is 0 Å². The number of benzene rings is 1. The summed E-state index contributed by atoms with van der Waals surface area (Å²) in [7, 11) is 0. The van der Waals surface area contributed by atoms with E-state index in [1.54, 1.807) is 0 Å². The Bertz CT molecular complexity index is 557. The molecule has 1 aliphatic heterocycles. The second-order valence-corrected chi connectivity index (χ2v) is 7.42. The highest BCUT2D eigenvalue weighted by atomic mass is 35.5. The van der Waals surface area contributed by atoms with Gasteiger partial charge in [0.05, 0.1) is 10.6 Å². The second kappa shape index (κ2) is 5.38. The molecule has 1 aliphatic carbocycles. The first-order chi connectivity index (χ1) is 9.84. The zero-order valence-corrected chi connectivity index (χ0v) is 13.6. The van der Waals surface area contributed by atoms with Crippen molar-refractivity contribution in [2.45, 2.75) is 50.2 Å². The average Bonchev–Trinajstić information content (AvgIpc) is 2.41. The lowest BCUT2D eigenvalue weighted by molar-refractivity contribution is -0.151. The minimum Gasteiger partial charge on any atom is -0.375 e. The highest BCUT2D eigenvalue weighted by Crippen LogP contribution is 2.49. The number of hydrogen-bond acceptors (Lipinski definition) is 2. The SMILES string of the molecule is CC(N)(c1cc(F)c(Cl)cc1Cl)C1CCOC2(CCC2)C1. The Labute approximate surface area is 134 Å².